The van der Waals surface area contributed by atoms with Gasteiger partial charge in [-0.1, -0.05) is 178 Å². The van der Waals surface area contributed by atoms with Crippen LogP contribution in [0.4, 0.5) is 0 Å². The molecule has 0 saturated heterocycles. The molecule has 1 unspecified atom stereocenters. The second-order valence-electron chi connectivity index (χ2n) is 21.3. The Morgan fingerprint density at radius 2 is 1.03 bits per heavy atom. The number of aryl methyl sites for hydroxylation is 2. The maximum absolute atomic E-state index is 3.90. The van der Waals surface area contributed by atoms with Gasteiger partial charge in [0.15, 0.2) is 0 Å². The van der Waals surface area contributed by atoms with Gasteiger partial charge in [-0.15, -0.1) is 41.5 Å². The van der Waals surface area contributed by atoms with Crippen LogP contribution in [0.15, 0.2) is 84.5 Å². The van der Waals surface area contributed by atoms with E-state index in [-0.39, 0.29) is 46.5 Å². The zero-order valence-corrected chi connectivity index (χ0v) is 45.0. The van der Waals surface area contributed by atoms with Crippen LogP contribution in [0.2, 0.25) is 0 Å². The second kappa shape index (κ2) is 24.5. The molecule has 0 heterocycles. The average molecular weight is 927 g/mol. The van der Waals surface area contributed by atoms with Crippen LogP contribution in [-0.2, 0) is 52.3 Å². The number of hydrogen-bond donors (Lipinski definition) is 0. The number of hydrogen-bond acceptors (Lipinski definition) is 0. The topological polar surface area (TPSA) is 0 Å². The van der Waals surface area contributed by atoms with Crippen LogP contribution in [0.25, 0.3) is 11.1 Å². The summed E-state index contributed by atoms with van der Waals surface area (Å²) in [5.74, 6) is 0.592. The minimum absolute atomic E-state index is 0. The molecular weight excluding hydrogens is 847 g/mol. The van der Waals surface area contributed by atoms with Crippen LogP contribution in [-0.4, -0.2) is 4.21 Å². The van der Waals surface area contributed by atoms with E-state index in [0.717, 1.165) is 6.42 Å². The van der Waals surface area contributed by atoms with E-state index in [9.17, 15) is 0 Å². The molecule has 60 heavy (non-hydrogen) atoms. The Hall–Kier alpha value is -2.31. The van der Waals surface area contributed by atoms with Crippen molar-refractivity contribution in [2.24, 2.45) is 11.3 Å². The number of allylic oxidation sites excluding steroid dienone is 4. The molecule has 6 rings (SSSR count). The van der Waals surface area contributed by atoms with Gasteiger partial charge in [0.05, 0.1) is 0 Å². The standard InChI is InChI=1S/C29H41.C13H21.2C7H7.CH2.2ClH.Zr/c1-26(2,3)22-14-18-13-19-15-23(27(4,5)6)25(29(10,11)12)17-21(19)20(18)16-24(22)28(7,8)9;1-5-6-7-11-8-9-12(10-11)13(2,3)4;2*1-7-5-3-2-4-6-7;;;;/h14,16-17H,13H2,1-12H3;9-11H,5-7H2,1-4H3;2*3-6H,1H3;1H2;2*1H;/q4*-1;;;;. The molecule has 2 aliphatic rings. The summed E-state index contributed by atoms with van der Waals surface area (Å²) in [6.45, 7) is 41.2. The molecule has 4 aromatic rings. The van der Waals surface area contributed by atoms with Crippen molar-refractivity contribution >= 4 is 29.0 Å². The van der Waals surface area contributed by atoms with Gasteiger partial charge in [0, 0.05) is 0 Å². The van der Waals surface area contributed by atoms with E-state index in [0.29, 0.717) is 11.3 Å². The van der Waals surface area contributed by atoms with Gasteiger partial charge in [0.1, 0.15) is 0 Å². The van der Waals surface area contributed by atoms with Crippen LogP contribution in [0, 0.1) is 49.5 Å². The fourth-order valence-electron chi connectivity index (χ4n) is 7.13. The molecule has 0 radical (unpaired) electrons. The van der Waals surface area contributed by atoms with Gasteiger partial charge < -0.3 is 0 Å². The third-order valence-electron chi connectivity index (χ3n) is 10.6. The van der Waals surface area contributed by atoms with Gasteiger partial charge in [-0.2, -0.15) is 101 Å². The number of unbranched alkanes of at least 4 members (excludes halogenated alkanes) is 1. The Morgan fingerprint density at radius 3 is 1.38 bits per heavy atom. The van der Waals surface area contributed by atoms with Crippen molar-refractivity contribution in [2.75, 3.05) is 0 Å². The molecule has 0 fully saturated rings. The molecule has 3 heteroatoms. The first kappa shape index (κ1) is 57.7. The molecule has 0 nitrogen and oxygen atoms in total. The Balaban J connectivity index is 0.000000919. The fourth-order valence-corrected chi connectivity index (χ4v) is 7.13. The van der Waals surface area contributed by atoms with E-state index in [1.165, 1.54) is 105 Å². The van der Waals surface area contributed by atoms with Crippen molar-refractivity contribution in [1.82, 2.24) is 0 Å². The molecule has 0 aliphatic heterocycles. The summed E-state index contributed by atoms with van der Waals surface area (Å²) in [6, 6.07) is 33.0. The fraction of sp³-hybridized carbons (Fsp3) is 0.491. The predicted octanol–water partition coefficient (Wildman–Crippen LogP) is 16.8. The number of halogens is 2. The Kier molecular flexibility index (Phi) is 23.6. The average Bonchev–Trinajstić information content (AvgIpc) is 3.75. The van der Waals surface area contributed by atoms with Crippen LogP contribution < -0.4 is 0 Å². The van der Waals surface area contributed by atoms with E-state index in [2.05, 4.69) is 183 Å². The monoisotopic (exact) mass is 924 g/mol. The van der Waals surface area contributed by atoms with Crippen molar-refractivity contribution in [3.63, 3.8) is 0 Å². The summed E-state index contributed by atoms with van der Waals surface area (Å²) in [7, 11) is 0. The van der Waals surface area contributed by atoms with Crippen molar-refractivity contribution in [3.8, 4) is 11.1 Å². The van der Waals surface area contributed by atoms with E-state index in [1.54, 1.807) is 0 Å². The molecule has 2 aliphatic carbocycles. The summed E-state index contributed by atoms with van der Waals surface area (Å²) in [6.07, 6.45) is 12.9. The molecular formula is C57H80Cl2Zr-4. The first-order chi connectivity index (χ1) is 26.7. The van der Waals surface area contributed by atoms with Crippen molar-refractivity contribution in [1.29, 1.82) is 0 Å². The third kappa shape index (κ3) is 17.8. The predicted molar refractivity (Wildman–Crippen MR) is 268 cm³/mol. The first-order valence-corrected chi connectivity index (χ1v) is 23.3. The molecule has 0 N–H and O–H groups in total. The van der Waals surface area contributed by atoms with Crippen molar-refractivity contribution in [3.05, 3.63) is 153 Å². The van der Waals surface area contributed by atoms with Crippen molar-refractivity contribution in [2.45, 2.75) is 172 Å². The minimum atomic E-state index is 0. The molecule has 4 aromatic carbocycles. The van der Waals surface area contributed by atoms with Crippen LogP contribution in [0.5, 0.6) is 0 Å². The molecule has 0 spiro atoms. The SMILES string of the molecule is CC(C)(C)c1[c-]c2c(cc1C(C)(C)C)-c1cc(C(C)(C)C)c(C(C)(C)C)cc1C2.CCCCC1[C-]=CC(C(C)(C)C)=C1.Cc1cc[c-]cc1.Cc1cc[c-]cc1.Cl.Cl.[CH2]=[Zr]. The molecule has 0 aromatic heterocycles. The van der Waals surface area contributed by atoms with E-state index < -0.39 is 0 Å². The summed E-state index contributed by atoms with van der Waals surface area (Å²) >= 11 is 1.30. The Morgan fingerprint density at radius 1 is 0.600 bits per heavy atom. The van der Waals surface area contributed by atoms with Crippen LogP contribution in [0.3, 0.4) is 0 Å². The molecule has 0 bridgehead atoms. The van der Waals surface area contributed by atoms with Gasteiger partial charge in [0.25, 0.3) is 0 Å². The van der Waals surface area contributed by atoms with Gasteiger partial charge in [0.2, 0.25) is 0 Å². The quantitative estimate of drug-likeness (QED) is 0.158. The van der Waals surface area contributed by atoms with Gasteiger partial charge >= 0.3 is 28.4 Å². The Labute approximate surface area is 398 Å². The third-order valence-corrected chi connectivity index (χ3v) is 10.6. The molecule has 0 saturated carbocycles. The normalized spacial score (nSPS) is 14.0. The summed E-state index contributed by atoms with van der Waals surface area (Å²) in [5, 5.41) is 0. The Bertz CT molecular complexity index is 1810. The molecule has 1 atom stereocenters. The van der Waals surface area contributed by atoms with Crippen LogP contribution >= 0.6 is 24.8 Å². The van der Waals surface area contributed by atoms with Crippen molar-refractivity contribution < 1.29 is 24.2 Å². The zero-order valence-electron chi connectivity index (χ0n) is 40.9. The van der Waals surface area contributed by atoms with Crippen LogP contribution in [0.1, 0.15) is 175 Å². The van der Waals surface area contributed by atoms with Gasteiger partial charge in [-0.25, -0.2) is 6.08 Å². The first-order valence-electron chi connectivity index (χ1n) is 21.5. The van der Waals surface area contributed by atoms with Gasteiger partial charge in [-0.05, 0) is 39.4 Å². The summed E-state index contributed by atoms with van der Waals surface area (Å²) in [4.78, 5) is 0. The molecule has 330 valence electrons. The van der Waals surface area contributed by atoms with E-state index in [4.69, 9.17) is 0 Å². The number of rotatable bonds is 3. The van der Waals surface area contributed by atoms with E-state index >= 15 is 0 Å². The second-order valence-corrected chi connectivity index (χ2v) is 21.3. The number of fused-ring (bicyclic) bond motifs is 3. The van der Waals surface area contributed by atoms with E-state index in [1.807, 2.05) is 48.5 Å². The zero-order chi connectivity index (χ0) is 44.3. The molecule has 0 amide bonds. The van der Waals surface area contributed by atoms with Gasteiger partial charge in [-0.3, -0.25) is 6.08 Å². The maximum atomic E-state index is 3.90. The number of benzene rings is 4. The summed E-state index contributed by atoms with van der Waals surface area (Å²) < 4.78 is 3.34. The summed E-state index contributed by atoms with van der Waals surface area (Å²) in [5.41, 5.74) is 16.3.